The highest BCUT2D eigenvalue weighted by Crippen LogP contribution is 2.00. The summed E-state index contributed by atoms with van der Waals surface area (Å²) in [6.07, 6.45) is 4.98. The largest absolute Gasteiger partial charge is 0.313 e. The van der Waals surface area contributed by atoms with E-state index in [0.29, 0.717) is 0 Å². The minimum absolute atomic E-state index is 0.796. The standard InChI is InChI=1S/C6H10ClN/c1-6(7)4-2-3-5-8/h4-5,8H,2-3H2,1H3. The molecule has 0 aromatic heterocycles. The molecule has 0 heterocycles. The van der Waals surface area contributed by atoms with Crippen LogP contribution in [0.1, 0.15) is 19.8 Å². The minimum atomic E-state index is 0.796. The Kier molecular flexibility index (Phi) is 4.67. The summed E-state index contributed by atoms with van der Waals surface area (Å²) >= 11 is 5.50. The van der Waals surface area contributed by atoms with Crippen molar-refractivity contribution in [2.24, 2.45) is 0 Å². The van der Waals surface area contributed by atoms with Crippen LogP contribution in [0.3, 0.4) is 0 Å². The Labute approximate surface area is 54.9 Å². The van der Waals surface area contributed by atoms with Crippen LogP contribution in [-0.4, -0.2) is 6.21 Å². The Hall–Kier alpha value is -0.300. The maximum atomic E-state index is 6.65. The summed E-state index contributed by atoms with van der Waals surface area (Å²) in [6, 6.07) is 0. The van der Waals surface area contributed by atoms with Gasteiger partial charge in [-0.25, -0.2) is 0 Å². The third kappa shape index (κ3) is 5.70. The average Bonchev–Trinajstić information content (AvgIpc) is 1.66. The second kappa shape index (κ2) is 4.85. The Morgan fingerprint density at radius 1 is 1.62 bits per heavy atom. The van der Waals surface area contributed by atoms with Crippen LogP contribution < -0.4 is 0 Å². The monoisotopic (exact) mass is 131 g/mol. The van der Waals surface area contributed by atoms with Crippen molar-refractivity contribution >= 4 is 17.8 Å². The normalized spacial score (nSPS) is 11.5. The molecule has 8 heavy (non-hydrogen) atoms. The van der Waals surface area contributed by atoms with Crippen LogP contribution in [0.25, 0.3) is 0 Å². The second-order valence-electron chi connectivity index (χ2n) is 1.57. The van der Waals surface area contributed by atoms with E-state index >= 15 is 0 Å². The van der Waals surface area contributed by atoms with Gasteiger partial charge in [0, 0.05) is 5.03 Å². The van der Waals surface area contributed by atoms with Crippen LogP contribution >= 0.6 is 11.6 Å². The zero-order chi connectivity index (χ0) is 6.41. The maximum Gasteiger partial charge on any atom is 0.0110 e. The van der Waals surface area contributed by atoms with Crippen LogP contribution in [0.2, 0.25) is 0 Å². The molecule has 0 saturated carbocycles. The van der Waals surface area contributed by atoms with Gasteiger partial charge < -0.3 is 5.41 Å². The molecule has 0 radical (unpaired) electrons. The van der Waals surface area contributed by atoms with Crippen LogP contribution in [0, 0.1) is 5.41 Å². The van der Waals surface area contributed by atoms with E-state index in [0.717, 1.165) is 17.9 Å². The fourth-order valence-corrected chi connectivity index (χ4v) is 0.475. The second-order valence-corrected chi connectivity index (χ2v) is 2.17. The summed E-state index contributed by atoms with van der Waals surface area (Å²) in [5.74, 6) is 0. The smallest absolute Gasteiger partial charge is 0.0110 e. The van der Waals surface area contributed by atoms with E-state index in [2.05, 4.69) is 0 Å². The highest BCUT2D eigenvalue weighted by Gasteiger charge is 1.77. The SMILES string of the molecule is CC(Cl)=CCCC=N. The molecule has 2 heteroatoms. The lowest BCUT2D eigenvalue weighted by Crippen LogP contribution is -1.69. The molecule has 0 fully saturated rings. The highest BCUT2D eigenvalue weighted by molar-refractivity contribution is 6.29. The van der Waals surface area contributed by atoms with E-state index in [1.54, 1.807) is 0 Å². The van der Waals surface area contributed by atoms with Crippen LogP contribution in [0.5, 0.6) is 0 Å². The predicted octanol–water partition coefficient (Wildman–Crippen LogP) is 2.56. The molecule has 0 aromatic rings. The minimum Gasteiger partial charge on any atom is -0.313 e. The van der Waals surface area contributed by atoms with Gasteiger partial charge in [-0.15, -0.1) is 0 Å². The average molecular weight is 132 g/mol. The van der Waals surface area contributed by atoms with E-state index in [-0.39, 0.29) is 0 Å². The molecule has 0 bridgehead atoms. The Morgan fingerprint density at radius 3 is 2.62 bits per heavy atom. The summed E-state index contributed by atoms with van der Waals surface area (Å²) in [5.41, 5.74) is 0. The number of allylic oxidation sites excluding steroid dienone is 2. The Balaban J connectivity index is 3.15. The molecular formula is C6H10ClN. The van der Waals surface area contributed by atoms with Gasteiger partial charge in [-0.3, -0.25) is 0 Å². The first-order valence-electron chi connectivity index (χ1n) is 2.58. The Morgan fingerprint density at radius 2 is 2.25 bits per heavy atom. The predicted molar refractivity (Wildman–Crippen MR) is 37.6 cm³/mol. The van der Waals surface area contributed by atoms with Crippen molar-refractivity contribution in [3.05, 3.63) is 11.1 Å². The first-order valence-corrected chi connectivity index (χ1v) is 2.96. The lowest BCUT2D eigenvalue weighted by Gasteiger charge is -1.83. The van der Waals surface area contributed by atoms with Gasteiger partial charge in [0.15, 0.2) is 0 Å². The van der Waals surface area contributed by atoms with E-state index in [1.807, 2.05) is 13.0 Å². The fourth-order valence-electron chi connectivity index (χ4n) is 0.366. The van der Waals surface area contributed by atoms with Crippen molar-refractivity contribution in [3.63, 3.8) is 0 Å². The highest BCUT2D eigenvalue weighted by atomic mass is 35.5. The van der Waals surface area contributed by atoms with Gasteiger partial charge in [-0.05, 0) is 26.0 Å². The third-order valence-corrected chi connectivity index (χ3v) is 0.891. The van der Waals surface area contributed by atoms with E-state index in [4.69, 9.17) is 17.0 Å². The van der Waals surface area contributed by atoms with Crippen molar-refractivity contribution in [1.82, 2.24) is 0 Å². The summed E-state index contributed by atoms with van der Waals surface area (Å²) in [4.78, 5) is 0. The number of hydrogen-bond donors (Lipinski definition) is 1. The quantitative estimate of drug-likeness (QED) is 0.450. The van der Waals surface area contributed by atoms with Crippen LogP contribution in [0.15, 0.2) is 11.1 Å². The maximum absolute atomic E-state index is 6.65. The zero-order valence-corrected chi connectivity index (χ0v) is 5.70. The molecule has 0 spiro atoms. The molecule has 0 atom stereocenters. The molecule has 0 saturated heterocycles. The number of nitrogens with one attached hydrogen (secondary N) is 1. The molecule has 0 unspecified atom stereocenters. The van der Waals surface area contributed by atoms with Gasteiger partial charge in [-0.1, -0.05) is 17.7 Å². The van der Waals surface area contributed by atoms with Crippen molar-refractivity contribution in [2.75, 3.05) is 0 Å². The number of rotatable bonds is 3. The summed E-state index contributed by atoms with van der Waals surface area (Å²) in [6.45, 7) is 1.84. The molecule has 0 rings (SSSR count). The summed E-state index contributed by atoms with van der Waals surface area (Å²) in [7, 11) is 0. The third-order valence-electron chi connectivity index (χ3n) is 0.737. The van der Waals surface area contributed by atoms with Gasteiger partial charge in [-0.2, -0.15) is 0 Å². The van der Waals surface area contributed by atoms with E-state index < -0.39 is 0 Å². The first-order chi connectivity index (χ1) is 3.77. The lowest BCUT2D eigenvalue weighted by molar-refractivity contribution is 1.10. The number of hydrogen-bond acceptors (Lipinski definition) is 1. The first kappa shape index (κ1) is 7.70. The van der Waals surface area contributed by atoms with E-state index in [1.165, 1.54) is 6.21 Å². The van der Waals surface area contributed by atoms with Gasteiger partial charge in [0.2, 0.25) is 0 Å². The number of halogens is 1. The van der Waals surface area contributed by atoms with E-state index in [9.17, 15) is 0 Å². The van der Waals surface area contributed by atoms with Crippen molar-refractivity contribution < 1.29 is 0 Å². The molecule has 1 nitrogen and oxygen atoms in total. The van der Waals surface area contributed by atoms with Crippen LogP contribution in [-0.2, 0) is 0 Å². The molecule has 0 aliphatic carbocycles. The van der Waals surface area contributed by atoms with Crippen molar-refractivity contribution in [1.29, 1.82) is 5.41 Å². The fraction of sp³-hybridized carbons (Fsp3) is 0.500. The molecule has 0 aromatic carbocycles. The molecule has 1 N–H and O–H groups in total. The van der Waals surface area contributed by atoms with Gasteiger partial charge >= 0.3 is 0 Å². The molecule has 46 valence electrons. The zero-order valence-electron chi connectivity index (χ0n) is 4.95. The summed E-state index contributed by atoms with van der Waals surface area (Å²) in [5, 5.41) is 7.46. The molecule has 0 aliphatic heterocycles. The molecule has 0 aliphatic rings. The Bertz CT molecular complexity index is 92.7. The van der Waals surface area contributed by atoms with Crippen LogP contribution in [0.4, 0.5) is 0 Å². The van der Waals surface area contributed by atoms with Gasteiger partial charge in [0.25, 0.3) is 0 Å². The summed E-state index contributed by atoms with van der Waals surface area (Å²) < 4.78 is 0. The van der Waals surface area contributed by atoms with Crippen molar-refractivity contribution in [2.45, 2.75) is 19.8 Å². The number of unbranched alkanes of at least 4 members (excludes halogenated alkanes) is 1. The van der Waals surface area contributed by atoms with Gasteiger partial charge in [0.1, 0.15) is 0 Å². The van der Waals surface area contributed by atoms with Gasteiger partial charge in [0.05, 0.1) is 0 Å². The molecule has 0 amide bonds. The lowest BCUT2D eigenvalue weighted by atomic mass is 10.3. The molecular weight excluding hydrogens is 122 g/mol. The topological polar surface area (TPSA) is 23.9 Å². The van der Waals surface area contributed by atoms with Crippen molar-refractivity contribution in [3.8, 4) is 0 Å².